The zero-order valence-corrected chi connectivity index (χ0v) is 10.4. The van der Waals surface area contributed by atoms with Gasteiger partial charge in [0.1, 0.15) is 0 Å². The fourth-order valence-electron chi connectivity index (χ4n) is 1.89. The molecule has 0 saturated carbocycles. The summed E-state index contributed by atoms with van der Waals surface area (Å²) in [7, 11) is -2.39. The number of ether oxygens (including phenoxy) is 1. The fourth-order valence-corrected chi connectivity index (χ4v) is 3.49. The molecule has 2 atom stereocenters. The first-order valence-electron chi connectivity index (χ1n) is 5.18. The van der Waals surface area contributed by atoms with Crippen molar-refractivity contribution >= 4 is 16.0 Å². The Morgan fingerprint density at radius 2 is 2.19 bits per heavy atom. The Hall–Kier alpha value is -0.660. The standard InChI is InChI=1S/C9H18N2O4S/c1-7-5-8(10)3-4-11(7)16(13,14)6-9(12)15-2/h7-8H,3-6,10H2,1-2H3. The summed E-state index contributed by atoms with van der Waals surface area (Å²) < 4.78 is 29.4. The second-order valence-corrected chi connectivity index (χ2v) is 6.00. The van der Waals surface area contributed by atoms with Crippen molar-refractivity contribution in [3.63, 3.8) is 0 Å². The Balaban J connectivity index is 2.72. The maximum atomic E-state index is 11.9. The largest absolute Gasteiger partial charge is 0.468 e. The van der Waals surface area contributed by atoms with Gasteiger partial charge in [0.15, 0.2) is 5.75 Å². The number of carbonyl (C=O) groups is 1. The molecule has 0 aliphatic carbocycles. The molecule has 0 amide bonds. The topological polar surface area (TPSA) is 89.7 Å². The van der Waals surface area contributed by atoms with Crippen LogP contribution in [0, 0.1) is 0 Å². The van der Waals surface area contributed by atoms with E-state index in [1.807, 2.05) is 0 Å². The van der Waals surface area contributed by atoms with Crippen LogP contribution in [0.4, 0.5) is 0 Å². The molecule has 0 aromatic rings. The van der Waals surface area contributed by atoms with Crippen molar-refractivity contribution in [2.45, 2.75) is 31.8 Å². The van der Waals surface area contributed by atoms with E-state index in [4.69, 9.17) is 5.73 Å². The predicted octanol–water partition coefficient (Wildman–Crippen LogP) is -0.699. The van der Waals surface area contributed by atoms with E-state index in [-0.39, 0.29) is 12.1 Å². The lowest BCUT2D eigenvalue weighted by Crippen LogP contribution is -2.49. The van der Waals surface area contributed by atoms with Crippen LogP contribution in [-0.4, -0.2) is 50.2 Å². The highest BCUT2D eigenvalue weighted by Gasteiger charge is 2.33. The molecule has 0 radical (unpaired) electrons. The molecule has 6 nitrogen and oxygen atoms in total. The van der Waals surface area contributed by atoms with Crippen LogP contribution in [0.15, 0.2) is 0 Å². The van der Waals surface area contributed by atoms with E-state index in [2.05, 4.69) is 4.74 Å². The fraction of sp³-hybridized carbons (Fsp3) is 0.889. The number of methoxy groups -OCH3 is 1. The average molecular weight is 250 g/mol. The first kappa shape index (κ1) is 13.4. The second kappa shape index (κ2) is 5.11. The lowest BCUT2D eigenvalue weighted by atomic mass is 10.0. The maximum absolute atomic E-state index is 11.9. The van der Waals surface area contributed by atoms with Crippen LogP contribution in [-0.2, 0) is 19.6 Å². The molecule has 16 heavy (non-hydrogen) atoms. The van der Waals surface area contributed by atoms with Crippen molar-refractivity contribution in [1.82, 2.24) is 4.31 Å². The zero-order valence-electron chi connectivity index (χ0n) is 9.55. The summed E-state index contributed by atoms with van der Waals surface area (Å²) in [5.41, 5.74) is 5.74. The summed E-state index contributed by atoms with van der Waals surface area (Å²) in [4.78, 5) is 11.0. The molecule has 0 bridgehead atoms. The van der Waals surface area contributed by atoms with Crippen LogP contribution < -0.4 is 5.73 Å². The lowest BCUT2D eigenvalue weighted by molar-refractivity contribution is -0.137. The average Bonchev–Trinajstić information content (AvgIpc) is 2.16. The van der Waals surface area contributed by atoms with Crippen molar-refractivity contribution in [2.24, 2.45) is 5.73 Å². The van der Waals surface area contributed by atoms with E-state index in [0.717, 1.165) is 0 Å². The number of esters is 1. The number of sulfonamides is 1. The Morgan fingerprint density at radius 1 is 1.56 bits per heavy atom. The van der Waals surface area contributed by atoms with Gasteiger partial charge in [0.05, 0.1) is 7.11 Å². The molecule has 1 fully saturated rings. The molecule has 1 aliphatic heterocycles. The number of nitrogens with zero attached hydrogens (tertiary/aromatic N) is 1. The van der Waals surface area contributed by atoms with E-state index < -0.39 is 21.7 Å². The van der Waals surface area contributed by atoms with Gasteiger partial charge in [-0.3, -0.25) is 4.79 Å². The van der Waals surface area contributed by atoms with Crippen LogP contribution >= 0.6 is 0 Å². The van der Waals surface area contributed by atoms with Gasteiger partial charge in [-0.15, -0.1) is 0 Å². The third-order valence-electron chi connectivity index (χ3n) is 2.74. The summed E-state index contributed by atoms with van der Waals surface area (Å²) in [5.74, 6) is -1.33. The minimum Gasteiger partial charge on any atom is -0.468 e. The molecule has 2 N–H and O–H groups in total. The van der Waals surface area contributed by atoms with E-state index in [9.17, 15) is 13.2 Å². The van der Waals surface area contributed by atoms with Gasteiger partial charge in [-0.2, -0.15) is 4.31 Å². The summed E-state index contributed by atoms with van der Waals surface area (Å²) in [6, 6.07) is -0.113. The van der Waals surface area contributed by atoms with Crippen molar-refractivity contribution in [3.05, 3.63) is 0 Å². The number of rotatable bonds is 3. The Bertz CT molecular complexity index is 355. The van der Waals surface area contributed by atoms with E-state index in [1.54, 1.807) is 6.92 Å². The smallest absolute Gasteiger partial charge is 0.322 e. The van der Waals surface area contributed by atoms with Crippen LogP contribution in [0.1, 0.15) is 19.8 Å². The minimum absolute atomic E-state index is 0.0413. The van der Waals surface area contributed by atoms with Gasteiger partial charge >= 0.3 is 5.97 Å². The number of piperidine rings is 1. The first-order chi connectivity index (χ1) is 7.36. The molecule has 2 unspecified atom stereocenters. The van der Waals surface area contributed by atoms with Crippen LogP contribution in [0.5, 0.6) is 0 Å². The quantitative estimate of drug-likeness (QED) is 0.669. The van der Waals surface area contributed by atoms with Gasteiger partial charge < -0.3 is 10.5 Å². The summed E-state index contributed by atoms with van der Waals surface area (Å²) >= 11 is 0. The second-order valence-electron chi connectivity index (χ2n) is 4.08. The summed E-state index contributed by atoms with van der Waals surface area (Å²) in [6.07, 6.45) is 1.26. The van der Waals surface area contributed by atoms with Crippen LogP contribution in [0.25, 0.3) is 0 Å². The first-order valence-corrected chi connectivity index (χ1v) is 6.79. The molecule has 0 spiro atoms. The summed E-state index contributed by atoms with van der Waals surface area (Å²) in [6.45, 7) is 2.18. The van der Waals surface area contributed by atoms with Crippen LogP contribution in [0.2, 0.25) is 0 Å². The molecule has 0 aromatic heterocycles. The van der Waals surface area contributed by atoms with Gasteiger partial charge in [0.25, 0.3) is 0 Å². The van der Waals surface area contributed by atoms with E-state index in [1.165, 1.54) is 11.4 Å². The molecule has 1 heterocycles. The minimum atomic E-state index is -3.56. The highest BCUT2D eigenvalue weighted by molar-refractivity contribution is 7.89. The molecule has 1 saturated heterocycles. The Morgan fingerprint density at radius 3 is 2.69 bits per heavy atom. The number of hydrogen-bond acceptors (Lipinski definition) is 5. The third kappa shape index (κ3) is 3.16. The zero-order chi connectivity index (χ0) is 12.3. The molecule has 0 aromatic carbocycles. The SMILES string of the molecule is COC(=O)CS(=O)(=O)N1CCC(N)CC1C. The van der Waals surface area contributed by atoms with E-state index >= 15 is 0 Å². The van der Waals surface area contributed by atoms with Gasteiger partial charge in [-0.05, 0) is 19.8 Å². The third-order valence-corrected chi connectivity index (χ3v) is 4.60. The van der Waals surface area contributed by atoms with Gasteiger partial charge in [0, 0.05) is 18.6 Å². The Kier molecular flexibility index (Phi) is 4.28. The number of nitrogens with two attached hydrogens (primary N) is 1. The molecular formula is C9H18N2O4S. The number of carbonyl (C=O) groups excluding carboxylic acids is 1. The molecule has 1 rings (SSSR count). The van der Waals surface area contributed by atoms with Crippen molar-refractivity contribution in [3.8, 4) is 0 Å². The monoisotopic (exact) mass is 250 g/mol. The summed E-state index contributed by atoms with van der Waals surface area (Å²) in [5, 5.41) is 0. The van der Waals surface area contributed by atoms with E-state index in [0.29, 0.717) is 19.4 Å². The van der Waals surface area contributed by atoms with Crippen LogP contribution in [0.3, 0.4) is 0 Å². The lowest BCUT2D eigenvalue weighted by Gasteiger charge is -2.34. The van der Waals surface area contributed by atoms with Crippen molar-refractivity contribution in [1.29, 1.82) is 0 Å². The van der Waals surface area contributed by atoms with Crippen molar-refractivity contribution in [2.75, 3.05) is 19.4 Å². The molecular weight excluding hydrogens is 232 g/mol. The molecule has 1 aliphatic rings. The highest BCUT2D eigenvalue weighted by Crippen LogP contribution is 2.19. The highest BCUT2D eigenvalue weighted by atomic mass is 32.2. The van der Waals surface area contributed by atoms with Crippen molar-refractivity contribution < 1.29 is 17.9 Å². The maximum Gasteiger partial charge on any atom is 0.322 e. The van der Waals surface area contributed by atoms with Gasteiger partial charge in [-0.25, -0.2) is 8.42 Å². The number of hydrogen-bond donors (Lipinski definition) is 1. The van der Waals surface area contributed by atoms with Gasteiger partial charge in [0.2, 0.25) is 10.0 Å². The molecule has 7 heteroatoms. The Labute approximate surface area is 95.8 Å². The normalized spacial score (nSPS) is 27.7. The predicted molar refractivity (Wildman–Crippen MR) is 59.2 cm³/mol. The molecule has 94 valence electrons. The van der Waals surface area contributed by atoms with Gasteiger partial charge in [-0.1, -0.05) is 0 Å².